The average molecular weight is 260 g/mol. The molecule has 0 spiro atoms. The van der Waals surface area contributed by atoms with Crippen LogP contribution in [-0.4, -0.2) is 36.7 Å². The molecule has 0 saturated carbocycles. The van der Waals surface area contributed by atoms with Crippen LogP contribution in [0.1, 0.15) is 13.3 Å². The van der Waals surface area contributed by atoms with E-state index in [0.717, 1.165) is 18.6 Å². The molecule has 1 atom stereocenters. The Balaban J connectivity index is 2.14. The Bertz CT molecular complexity index is 532. The highest BCUT2D eigenvalue weighted by Gasteiger charge is 2.10. The lowest BCUT2D eigenvalue weighted by molar-refractivity contribution is 0.485. The Morgan fingerprint density at radius 3 is 2.89 bits per heavy atom. The highest BCUT2D eigenvalue weighted by molar-refractivity contribution is 5.79. The summed E-state index contributed by atoms with van der Waals surface area (Å²) in [5.41, 5.74) is 3.48. The summed E-state index contributed by atoms with van der Waals surface area (Å²) >= 11 is 0. The predicted molar refractivity (Wildman–Crippen MR) is 81.7 cm³/mol. The summed E-state index contributed by atoms with van der Waals surface area (Å²) in [6.07, 6.45) is 3.06. The fraction of sp³-hybridized carbons (Fsp3) is 0.533. The quantitative estimate of drug-likeness (QED) is 0.865. The van der Waals surface area contributed by atoms with E-state index in [-0.39, 0.29) is 0 Å². The summed E-state index contributed by atoms with van der Waals surface area (Å²) in [6.45, 7) is 4.38. The van der Waals surface area contributed by atoms with Crippen molar-refractivity contribution in [3.63, 3.8) is 0 Å². The first kappa shape index (κ1) is 13.9. The third-order valence-electron chi connectivity index (χ3n) is 3.75. The number of fused-ring (bicyclic) bond motifs is 1. The van der Waals surface area contributed by atoms with Crippen LogP contribution < -0.4 is 10.2 Å². The third kappa shape index (κ3) is 3.07. The molecule has 104 valence electrons. The van der Waals surface area contributed by atoms with Gasteiger partial charge < -0.3 is 14.8 Å². The van der Waals surface area contributed by atoms with E-state index >= 15 is 0 Å². The monoisotopic (exact) mass is 260 g/mol. The minimum atomic E-state index is 0.675. The van der Waals surface area contributed by atoms with Crippen LogP contribution >= 0.6 is 0 Å². The molecule has 1 aromatic heterocycles. The van der Waals surface area contributed by atoms with Crippen molar-refractivity contribution >= 4 is 16.7 Å². The molecule has 0 amide bonds. The molecule has 19 heavy (non-hydrogen) atoms. The zero-order valence-electron chi connectivity index (χ0n) is 12.3. The van der Waals surface area contributed by atoms with Gasteiger partial charge >= 0.3 is 0 Å². The van der Waals surface area contributed by atoms with Crippen LogP contribution in [0.25, 0.3) is 11.0 Å². The van der Waals surface area contributed by atoms with Crippen LogP contribution in [0.4, 0.5) is 5.69 Å². The van der Waals surface area contributed by atoms with Crippen LogP contribution in [0.15, 0.2) is 24.5 Å². The minimum Gasteiger partial charge on any atom is -0.374 e. The van der Waals surface area contributed by atoms with Crippen LogP contribution in [0.5, 0.6) is 0 Å². The van der Waals surface area contributed by atoms with Crippen LogP contribution in [0, 0.1) is 5.92 Å². The van der Waals surface area contributed by atoms with E-state index in [1.54, 1.807) is 0 Å². The molecule has 0 fully saturated rings. The van der Waals surface area contributed by atoms with Gasteiger partial charge in [-0.25, -0.2) is 4.98 Å². The molecule has 0 aliphatic heterocycles. The Morgan fingerprint density at radius 1 is 1.42 bits per heavy atom. The van der Waals surface area contributed by atoms with E-state index in [0.29, 0.717) is 5.92 Å². The normalized spacial score (nSPS) is 12.8. The molecule has 1 heterocycles. The molecule has 1 aromatic carbocycles. The van der Waals surface area contributed by atoms with Gasteiger partial charge in [0.2, 0.25) is 0 Å². The Hall–Kier alpha value is -1.55. The zero-order chi connectivity index (χ0) is 13.8. The fourth-order valence-corrected chi connectivity index (χ4v) is 2.48. The number of imidazole rings is 1. The minimum absolute atomic E-state index is 0.675. The van der Waals surface area contributed by atoms with Gasteiger partial charge in [0.05, 0.1) is 17.4 Å². The van der Waals surface area contributed by atoms with Gasteiger partial charge in [-0.05, 0) is 37.7 Å². The topological polar surface area (TPSA) is 33.1 Å². The number of rotatable bonds is 6. The lowest BCUT2D eigenvalue weighted by Gasteiger charge is -2.25. The number of nitrogens with one attached hydrogen (secondary N) is 1. The standard InChI is InChI=1S/C15H24N4/c1-5-12(9-16-2)10-18(3)13-6-7-15-14(8-13)17-11-19(15)4/h6-8,11-12,16H,5,9-10H2,1-4H3. The van der Waals surface area contributed by atoms with E-state index in [1.807, 2.05) is 20.4 Å². The van der Waals surface area contributed by atoms with Crippen LogP contribution in [0.3, 0.4) is 0 Å². The first-order valence-electron chi connectivity index (χ1n) is 6.92. The molecule has 4 heteroatoms. The molecule has 4 nitrogen and oxygen atoms in total. The summed E-state index contributed by atoms with van der Waals surface area (Å²) in [7, 11) is 6.20. The molecule has 2 rings (SSSR count). The number of anilines is 1. The number of aryl methyl sites for hydroxylation is 1. The van der Waals surface area contributed by atoms with Crippen molar-refractivity contribution in [3.05, 3.63) is 24.5 Å². The first-order chi connectivity index (χ1) is 9.15. The fourth-order valence-electron chi connectivity index (χ4n) is 2.48. The van der Waals surface area contributed by atoms with Gasteiger partial charge in [-0.3, -0.25) is 0 Å². The Labute approximate surface area is 115 Å². The van der Waals surface area contributed by atoms with E-state index in [2.05, 4.69) is 51.9 Å². The van der Waals surface area contributed by atoms with E-state index in [1.165, 1.54) is 17.6 Å². The Kier molecular flexibility index (Phi) is 4.43. The van der Waals surface area contributed by atoms with Crippen LogP contribution in [-0.2, 0) is 7.05 Å². The molecule has 1 N–H and O–H groups in total. The van der Waals surface area contributed by atoms with Crippen molar-refractivity contribution in [2.45, 2.75) is 13.3 Å². The van der Waals surface area contributed by atoms with Gasteiger partial charge in [-0.1, -0.05) is 13.3 Å². The maximum absolute atomic E-state index is 4.42. The predicted octanol–water partition coefficient (Wildman–Crippen LogP) is 2.26. The molecule has 2 aromatic rings. The average Bonchev–Trinajstić information content (AvgIpc) is 2.79. The zero-order valence-corrected chi connectivity index (χ0v) is 12.3. The SMILES string of the molecule is CCC(CNC)CN(C)c1ccc2c(c1)ncn2C. The lowest BCUT2D eigenvalue weighted by atomic mass is 10.1. The van der Waals surface area contributed by atoms with E-state index < -0.39 is 0 Å². The van der Waals surface area contributed by atoms with Crippen molar-refractivity contribution in [2.75, 3.05) is 32.1 Å². The first-order valence-corrected chi connectivity index (χ1v) is 6.92. The summed E-state index contributed by atoms with van der Waals surface area (Å²) in [5, 5.41) is 3.27. The largest absolute Gasteiger partial charge is 0.374 e. The Morgan fingerprint density at radius 2 is 2.21 bits per heavy atom. The van der Waals surface area contributed by atoms with Gasteiger partial charge in [-0.15, -0.1) is 0 Å². The van der Waals surface area contributed by atoms with Gasteiger partial charge in [0.1, 0.15) is 0 Å². The lowest BCUT2D eigenvalue weighted by Crippen LogP contribution is -2.31. The molecule has 0 radical (unpaired) electrons. The van der Waals surface area contributed by atoms with Crippen molar-refractivity contribution in [1.29, 1.82) is 0 Å². The number of benzene rings is 1. The maximum Gasteiger partial charge on any atom is 0.0955 e. The highest BCUT2D eigenvalue weighted by atomic mass is 15.1. The van der Waals surface area contributed by atoms with Crippen LogP contribution in [0.2, 0.25) is 0 Å². The van der Waals surface area contributed by atoms with Gasteiger partial charge in [0.15, 0.2) is 0 Å². The van der Waals surface area contributed by atoms with Crippen molar-refractivity contribution in [2.24, 2.45) is 13.0 Å². The summed E-state index contributed by atoms with van der Waals surface area (Å²) in [4.78, 5) is 6.74. The molecular weight excluding hydrogens is 236 g/mol. The maximum atomic E-state index is 4.42. The van der Waals surface area contributed by atoms with Crippen molar-refractivity contribution in [1.82, 2.24) is 14.9 Å². The van der Waals surface area contributed by atoms with Gasteiger partial charge in [0, 0.05) is 26.3 Å². The van der Waals surface area contributed by atoms with E-state index in [9.17, 15) is 0 Å². The molecule has 0 aliphatic carbocycles. The van der Waals surface area contributed by atoms with E-state index in [4.69, 9.17) is 0 Å². The molecule has 0 bridgehead atoms. The summed E-state index contributed by atoms with van der Waals surface area (Å²) < 4.78 is 2.05. The number of hydrogen-bond donors (Lipinski definition) is 1. The highest BCUT2D eigenvalue weighted by Crippen LogP contribution is 2.21. The van der Waals surface area contributed by atoms with Crippen molar-refractivity contribution in [3.8, 4) is 0 Å². The second kappa shape index (κ2) is 6.06. The summed E-state index contributed by atoms with van der Waals surface area (Å²) in [5.74, 6) is 0.675. The summed E-state index contributed by atoms with van der Waals surface area (Å²) in [6, 6.07) is 6.49. The smallest absolute Gasteiger partial charge is 0.0955 e. The van der Waals surface area contributed by atoms with Gasteiger partial charge in [-0.2, -0.15) is 0 Å². The number of hydrogen-bond acceptors (Lipinski definition) is 3. The second-order valence-corrected chi connectivity index (χ2v) is 5.24. The van der Waals surface area contributed by atoms with Crippen molar-refractivity contribution < 1.29 is 0 Å². The second-order valence-electron chi connectivity index (χ2n) is 5.24. The van der Waals surface area contributed by atoms with Gasteiger partial charge in [0.25, 0.3) is 0 Å². The molecule has 0 saturated heterocycles. The number of aromatic nitrogens is 2. The number of nitrogens with zero attached hydrogens (tertiary/aromatic N) is 3. The third-order valence-corrected chi connectivity index (χ3v) is 3.75. The molecule has 1 unspecified atom stereocenters. The molecular formula is C15H24N4. The molecule has 0 aliphatic rings.